The highest BCUT2D eigenvalue weighted by atomic mass is 32.1. The molecule has 0 fully saturated rings. The van der Waals surface area contributed by atoms with Gasteiger partial charge in [0.1, 0.15) is 0 Å². The molecule has 0 aliphatic carbocycles. The van der Waals surface area contributed by atoms with Crippen LogP contribution in [0.3, 0.4) is 0 Å². The van der Waals surface area contributed by atoms with E-state index < -0.39 is 0 Å². The average Bonchev–Trinajstić information content (AvgIpc) is 2.72. The summed E-state index contributed by atoms with van der Waals surface area (Å²) in [5, 5.41) is 5.36. The zero-order chi connectivity index (χ0) is 10.7. The lowest BCUT2D eigenvalue weighted by atomic mass is 10.2. The van der Waals surface area contributed by atoms with E-state index in [4.69, 9.17) is 5.73 Å². The van der Waals surface area contributed by atoms with E-state index in [0.717, 1.165) is 23.6 Å². The molecule has 0 radical (unpaired) electrons. The third kappa shape index (κ3) is 2.47. The van der Waals surface area contributed by atoms with Gasteiger partial charge in [0.25, 0.3) is 0 Å². The van der Waals surface area contributed by atoms with Crippen LogP contribution in [-0.2, 0) is 6.54 Å². The number of aryl methyl sites for hydroxylation is 1. The van der Waals surface area contributed by atoms with E-state index in [9.17, 15) is 0 Å². The molecule has 0 saturated heterocycles. The zero-order valence-electron chi connectivity index (χ0n) is 8.53. The van der Waals surface area contributed by atoms with Gasteiger partial charge in [-0.25, -0.2) is 4.98 Å². The summed E-state index contributed by atoms with van der Waals surface area (Å²) in [7, 11) is 0. The number of nitrogens with zero attached hydrogens (tertiary/aromatic N) is 1. The Bertz CT molecular complexity index is 437. The van der Waals surface area contributed by atoms with Crippen LogP contribution in [0.2, 0.25) is 0 Å². The second-order valence-electron chi connectivity index (χ2n) is 3.41. The summed E-state index contributed by atoms with van der Waals surface area (Å²) in [4.78, 5) is 4.21. The molecule has 1 heterocycles. The van der Waals surface area contributed by atoms with Gasteiger partial charge in [-0.05, 0) is 24.6 Å². The maximum Gasteiger partial charge on any atom is 0.0795 e. The van der Waals surface area contributed by atoms with Crippen molar-refractivity contribution in [2.75, 3.05) is 11.1 Å². The SMILES string of the molecule is Cc1ccc(N)cc1NCc1cscn1. The molecule has 1 aromatic heterocycles. The standard InChI is InChI=1S/C11H13N3S/c1-8-2-3-9(12)4-11(8)13-5-10-6-15-7-14-10/h2-4,6-7,13H,5,12H2,1H3. The number of nitrogens with one attached hydrogen (secondary N) is 1. The van der Waals surface area contributed by atoms with E-state index >= 15 is 0 Å². The zero-order valence-corrected chi connectivity index (χ0v) is 9.34. The molecule has 0 spiro atoms. The van der Waals surface area contributed by atoms with Crippen molar-refractivity contribution in [2.45, 2.75) is 13.5 Å². The van der Waals surface area contributed by atoms with E-state index in [-0.39, 0.29) is 0 Å². The van der Waals surface area contributed by atoms with Crippen molar-refractivity contribution in [3.63, 3.8) is 0 Å². The van der Waals surface area contributed by atoms with Gasteiger partial charge in [-0.2, -0.15) is 0 Å². The van der Waals surface area contributed by atoms with E-state index in [1.165, 1.54) is 5.56 Å². The first-order chi connectivity index (χ1) is 7.25. The summed E-state index contributed by atoms with van der Waals surface area (Å²) in [5.41, 5.74) is 11.7. The Balaban J connectivity index is 2.07. The van der Waals surface area contributed by atoms with Gasteiger partial charge in [0.15, 0.2) is 0 Å². The summed E-state index contributed by atoms with van der Waals surface area (Å²) in [5.74, 6) is 0. The minimum absolute atomic E-state index is 0.744. The van der Waals surface area contributed by atoms with Gasteiger partial charge in [-0.3, -0.25) is 0 Å². The molecular weight excluding hydrogens is 206 g/mol. The van der Waals surface area contributed by atoms with E-state index in [0.29, 0.717) is 0 Å². The fourth-order valence-corrected chi connectivity index (χ4v) is 1.90. The van der Waals surface area contributed by atoms with Crippen molar-refractivity contribution in [2.24, 2.45) is 0 Å². The summed E-state index contributed by atoms with van der Waals surface area (Å²) in [6.45, 7) is 2.80. The molecule has 0 amide bonds. The van der Waals surface area contributed by atoms with E-state index in [1.54, 1.807) is 11.3 Å². The lowest BCUT2D eigenvalue weighted by Crippen LogP contribution is -2.01. The van der Waals surface area contributed by atoms with Crippen LogP contribution in [0.25, 0.3) is 0 Å². The highest BCUT2D eigenvalue weighted by Gasteiger charge is 1.99. The maximum absolute atomic E-state index is 5.72. The average molecular weight is 219 g/mol. The van der Waals surface area contributed by atoms with Crippen LogP contribution >= 0.6 is 11.3 Å². The summed E-state index contributed by atoms with van der Waals surface area (Å²) in [6, 6.07) is 5.86. The fraction of sp³-hybridized carbons (Fsp3) is 0.182. The Morgan fingerprint density at radius 2 is 2.33 bits per heavy atom. The van der Waals surface area contributed by atoms with Crippen molar-refractivity contribution in [1.29, 1.82) is 0 Å². The molecule has 78 valence electrons. The lowest BCUT2D eigenvalue weighted by Gasteiger charge is -2.08. The Hall–Kier alpha value is -1.55. The molecule has 1 aromatic carbocycles. The molecule has 0 atom stereocenters. The van der Waals surface area contributed by atoms with Crippen LogP contribution in [0, 0.1) is 6.92 Å². The highest BCUT2D eigenvalue weighted by Crippen LogP contribution is 2.18. The molecule has 2 aromatic rings. The molecule has 3 nitrogen and oxygen atoms in total. The van der Waals surface area contributed by atoms with Gasteiger partial charge in [-0.1, -0.05) is 6.07 Å². The van der Waals surface area contributed by atoms with E-state index in [2.05, 4.69) is 17.2 Å². The second-order valence-corrected chi connectivity index (χ2v) is 4.13. The minimum atomic E-state index is 0.744. The molecule has 0 aliphatic heterocycles. The third-order valence-corrected chi connectivity index (χ3v) is 2.84. The predicted molar refractivity (Wildman–Crippen MR) is 65.0 cm³/mol. The molecule has 3 N–H and O–H groups in total. The smallest absolute Gasteiger partial charge is 0.0795 e. The first-order valence-electron chi connectivity index (χ1n) is 4.73. The van der Waals surface area contributed by atoms with E-state index in [1.807, 2.05) is 29.1 Å². The van der Waals surface area contributed by atoms with Crippen LogP contribution in [0.1, 0.15) is 11.3 Å². The predicted octanol–water partition coefficient (Wildman–Crippen LogP) is 2.65. The summed E-state index contributed by atoms with van der Waals surface area (Å²) in [6.07, 6.45) is 0. The largest absolute Gasteiger partial charge is 0.399 e. The number of hydrogen-bond acceptors (Lipinski definition) is 4. The number of hydrogen-bond donors (Lipinski definition) is 2. The van der Waals surface area contributed by atoms with Crippen molar-refractivity contribution in [3.8, 4) is 0 Å². The molecule has 0 saturated carbocycles. The number of rotatable bonds is 3. The van der Waals surface area contributed by atoms with Crippen molar-refractivity contribution in [1.82, 2.24) is 4.98 Å². The number of benzene rings is 1. The Morgan fingerprint density at radius 3 is 3.07 bits per heavy atom. The van der Waals surface area contributed by atoms with Gasteiger partial charge in [0.2, 0.25) is 0 Å². The van der Waals surface area contributed by atoms with Crippen LogP contribution in [0.15, 0.2) is 29.1 Å². The van der Waals surface area contributed by atoms with Gasteiger partial charge in [0, 0.05) is 16.8 Å². The van der Waals surface area contributed by atoms with Gasteiger partial charge >= 0.3 is 0 Å². The van der Waals surface area contributed by atoms with Crippen molar-refractivity contribution >= 4 is 22.7 Å². The van der Waals surface area contributed by atoms with Crippen molar-refractivity contribution < 1.29 is 0 Å². The van der Waals surface area contributed by atoms with Crippen LogP contribution in [0.4, 0.5) is 11.4 Å². The number of thiazole rings is 1. The number of aromatic nitrogens is 1. The Morgan fingerprint density at radius 1 is 1.47 bits per heavy atom. The Kier molecular flexibility index (Phi) is 2.87. The molecular formula is C11H13N3S. The quantitative estimate of drug-likeness (QED) is 0.780. The van der Waals surface area contributed by atoms with Gasteiger partial charge in [-0.15, -0.1) is 11.3 Å². The van der Waals surface area contributed by atoms with Crippen LogP contribution in [-0.4, -0.2) is 4.98 Å². The molecule has 2 rings (SSSR count). The molecule has 0 unspecified atom stereocenters. The first-order valence-corrected chi connectivity index (χ1v) is 5.67. The monoisotopic (exact) mass is 219 g/mol. The van der Waals surface area contributed by atoms with Gasteiger partial charge < -0.3 is 11.1 Å². The topological polar surface area (TPSA) is 50.9 Å². The summed E-state index contributed by atoms with van der Waals surface area (Å²) < 4.78 is 0. The highest BCUT2D eigenvalue weighted by molar-refractivity contribution is 7.07. The number of anilines is 2. The normalized spacial score (nSPS) is 10.2. The number of nitrogens with two attached hydrogens (primary N) is 1. The fourth-order valence-electron chi connectivity index (χ4n) is 1.34. The number of nitrogen functional groups attached to an aromatic ring is 1. The second kappa shape index (κ2) is 4.31. The summed E-state index contributed by atoms with van der Waals surface area (Å²) >= 11 is 1.61. The van der Waals surface area contributed by atoms with Crippen LogP contribution < -0.4 is 11.1 Å². The lowest BCUT2D eigenvalue weighted by molar-refractivity contribution is 1.07. The Labute approximate surface area is 93.0 Å². The minimum Gasteiger partial charge on any atom is -0.399 e. The third-order valence-electron chi connectivity index (χ3n) is 2.21. The molecule has 0 aliphatic rings. The van der Waals surface area contributed by atoms with Crippen LogP contribution in [0.5, 0.6) is 0 Å². The first kappa shape index (κ1) is 9.98. The molecule has 0 bridgehead atoms. The maximum atomic E-state index is 5.72. The van der Waals surface area contributed by atoms with Gasteiger partial charge in [0.05, 0.1) is 17.7 Å². The van der Waals surface area contributed by atoms with Crippen molar-refractivity contribution in [3.05, 3.63) is 40.3 Å². The molecule has 15 heavy (non-hydrogen) atoms. The molecule has 4 heteroatoms.